The topological polar surface area (TPSA) is 56.5 Å². The number of benzene rings is 6. The summed E-state index contributed by atoms with van der Waals surface area (Å²) in [6.07, 6.45) is 8.38. The van der Waals surface area contributed by atoms with Gasteiger partial charge in [0.15, 0.2) is 32.0 Å². The number of rotatable bonds is 11. The number of fused-ring (bicyclic) bond motifs is 5. The van der Waals surface area contributed by atoms with Crippen LogP contribution in [-0.4, -0.2) is 39.1 Å². The summed E-state index contributed by atoms with van der Waals surface area (Å²) >= 11 is 1.79. The molecule has 8 heteroatoms. The molecule has 0 bridgehead atoms. The van der Waals surface area contributed by atoms with Gasteiger partial charge >= 0.3 is 0 Å². The SMILES string of the molecule is C=C/C=C\c1c(/C=C(\C)c2ccc3c(c2)C(C)(C)c2ccc4nc(-c5ccccc5)sc4c2-3)c([B]C)n(-c2cccc(-c3nc(-c4ccccc4)nc(-c4ccccc4)n3)c2)c1[B]C. The van der Waals surface area contributed by atoms with Crippen LogP contribution in [0.15, 0.2) is 164 Å². The molecule has 0 saturated heterocycles. The molecular formula is C56H45B2N5S. The summed E-state index contributed by atoms with van der Waals surface area (Å²) in [5, 5.41) is 1.05. The van der Waals surface area contributed by atoms with Crippen LogP contribution in [0.3, 0.4) is 0 Å². The minimum atomic E-state index is -0.173. The molecule has 64 heavy (non-hydrogen) atoms. The average Bonchev–Trinajstić information content (AvgIpc) is 3.99. The van der Waals surface area contributed by atoms with Crippen LogP contribution in [0.25, 0.3) is 89.5 Å². The fourth-order valence-electron chi connectivity index (χ4n) is 9.16. The highest BCUT2D eigenvalue weighted by Crippen LogP contribution is 2.53. The van der Waals surface area contributed by atoms with Gasteiger partial charge in [0, 0.05) is 38.9 Å². The predicted octanol–water partition coefficient (Wildman–Crippen LogP) is 12.8. The highest BCUT2D eigenvalue weighted by Gasteiger charge is 2.37. The van der Waals surface area contributed by atoms with E-state index in [0.29, 0.717) is 17.5 Å². The van der Waals surface area contributed by atoms with E-state index in [0.717, 1.165) is 60.8 Å². The molecule has 306 valence electrons. The van der Waals surface area contributed by atoms with E-state index in [9.17, 15) is 0 Å². The maximum atomic E-state index is 5.09. The maximum Gasteiger partial charge on any atom is 0.172 e. The summed E-state index contributed by atoms with van der Waals surface area (Å²) in [4.78, 5) is 20.1. The summed E-state index contributed by atoms with van der Waals surface area (Å²) in [5.41, 5.74) is 17.9. The van der Waals surface area contributed by atoms with Crippen LogP contribution in [0, 0.1) is 0 Å². The molecule has 0 amide bonds. The van der Waals surface area contributed by atoms with Crippen molar-refractivity contribution < 1.29 is 0 Å². The smallest absolute Gasteiger partial charge is 0.172 e. The van der Waals surface area contributed by atoms with Crippen LogP contribution in [0.1, 0.15) is 48.6 Å². The van der Waals surface area contributed by atoms with Crippen LogP contribution in [0.5, 0.6) is 0 Å². The van der Waals surface area contributed by atoms with Crippen molar-refractivity contribution in [3.05, 3.63) is 192 Å². The number of allylic oxidation sites excluding steroid dienone is 3. The number of aromatic nitrogens is 5. The molecule has 1 aliphatic carbocycles. The van der Waals surface area contributed by atoms with Crippen molar-refractivity contribution in [2.75, 3.05) is 0 Å². The summed E-state index contributed by atoms with van der Waals surface area (Å²) in [5.74, 6) is 1.88. The van der Waals surface area contributed by atoms with Crippen molar-refractivity contribution in [2.24, 2.45) is 0 Å². The number of nitrogens with zero attached hydrogens (tertiary/aromatic N) is 5. The molecule has 6 aromatic carbocycles. The minimum Gasteiger partial charge on any atom is -0.336 e. The zero-order valence-electron chi connectivity index (χ0n) is 36.7. The van der Waals surface area contributed by atoms with E-state index in [-0.39, 0.29) is 5.41 Å². The fraction of sp³-hybridized carbons (Fsp3) is 0.107. The Kier molecular flexibility index (Phi) is 10.8. The molecule has 3 heterocycles. The van der Waals surface area contributed by atoms with Crippen molar-refractivity contribution in [1.29, 1.82) is 0 Å². The van der Waals surface area contributed by atoms with Gasteiger partial charge in [-0.2, -0.15) is 0 Å². The summed E-state index contributed by atoms with van der Waals surface area (Å²) in [7, 11) is 4.40. The highest BCUT2D eigenvalue weighted by atomic mass is 32.1. The molecule has 0 aliphatic heterocycles. The van der Waals surface area contributed by atoms with Gasteiger partial charge < -0.3 is 4.57 Å². The van der Waals surface area contributed by atoms with E-state index in [1.54, 1.807) is 11.3 Å². The third kappa shape index (κ3) is 7.18. The summed E-state index contributed by atoms with van der Waals surface area (Å²) in [6, 6.07) is 50.7. The molecule has 9 aromatic rings. The van der Waals surface area contributed by atoms with Gasteiger partial charge in [-0.25, -0.2) is 19.9 Å². The minimum absolute atomic E-state index is 0.173. The first-order valence-electron chi connectivity index (χ1n) is 21.7. The second kappa shape index (κ2) is 16.9. The first-order chi connectivity index (χ1) is 31.3. The average molecular weight is 842 g/mol. The molecule has 0 unspecified atom stereocenters. The van der Waals surface area contributed by atoms with Crippen molar-refractivity contribution in [3.63, 3.8) is 0 Å². The lowest BCUT2D eigenvalue weighted by Crippen LogP contribution is -2.32. The Labute approximate surface area is 381 Å². The largest absolute Gasteiger partial charge is 0.336 e. The number of hydrogen-bond donors (Lipinski definition) is 0. The third-order valence-corrected chi connectivity index (χ3v) is 13.5. The van der Waals surface area contributed by atoms with Gasteiger partial charge in [-0.05, 0) is 87.4 Å². The lowest BCUT2D eigenvalue weighted by Gasteiger charge is -2.22. The van der Waals surface area contributed by atoms with Gasteiger partial charge in [-0.15, -0.1) is 11.3 Å². The molecule has 0 saturated carbocycles. The molecule has 10 rings (SSSR count). The van der Waals surface area contributed by atoms with E-state index >= 15 is 0 Å². The first kappa shape index (κ1) is 40.9. The van der Waals surface area contributed by atoms with E-state index in [1.165, 1.54) is 38.1 Å². The Morgan fingerprint density at radius 3 is 1.84 bits per heavy atom. The van der Waals surface area contributed by atoms with Gasteiger partial charge in [0.25, 0.3) is 0 Å². The zero-order chi connectivity index (χ0) is 44.0. The van der Waals surface area contributed by atoms with E-state index in [1.807, 2.05) is 72.8 Å². The standard InChI is InChI=1S/C56H45B2N5S/c1-7-8-27-42-44(32-35(2)39-28-29-43-46(34-39)56(3,4)45-30-31-47-49(48(43)45)64-55(59-47)38-23-16-11-17-24-38)51(58-6)63(50(42)57-5)41-26-18-25-40(33-41)54-61-52(36-19-12-9-13-20-36)60-53(62-54)37-21-14-10-15-22-37/h7-34H,1H2,2-6H3/b27-8-,35-32+. The molecule has 0 atom stereocenters. The molecule has 0 spiro atoms. The molecule has 0 N–H and O–H groups in total. The second-order valence-corrected chi connectivity index (χ2v) is 17.6. The van der Waals surface area contributed by atoms with Crippen LogP contribution in [0.4, 0.5) is 0 Å². The number of thiazole rings is 1. The zero-order valence-corrected chi connectivity index (χ0v) is 37.5. The van der Waals surface area contributed by atoms with Crippen molar-refractivity contribution in [1.82, 2.24) is 24.5 Å². The van der Waals surface area contributed by atoms with Crippen molar-refractivity contribution >= 4 is 65.0 Å². The Morgan fingerprint density at radius 1 is 0.625 bits per heavy atom. The monoisotopic (exact) mass is 841 g/mol. The van der Waals surface area contributed by atoms with Crippen LogP contribution in [0.2, 0.25) is 13.6 Å². The normalized spacial score (nSPS) is 13.0. The van der Waals surface area contributed by atoms with Crippen molar-refractivity contribution in [2.45, 2.75) is 39.8 Å². The first-order valence-corrected chi connectivity index (χ1v) is 22.6. The highest BCUT2D eigenvalue weighted by molar-refractivity contribution is 7.22. The molecule has 3 aromatic heterocycles. The molecule has 5 nitrogen and oxygen atoms in total. The van der Waals surface area contributed by atoms with Gasteiger partial charge in [-0.1, -0.05) is 174 Å². The third-order valence-electron chi connectivity index (χ3n) is 12.4. The lowest BCUT2D eigenvalue weighted by molar-refractivity contribution is 0.660. The van der Waals surface area contributed by atoms with Crippen LogP contribution < -0.4 is 11.2 Å². The van der Waals surface area contributed by atoms with Gasteiger partial charge in [0.05, 0.1) is 10.2 Å². The predicted molar refractivity (Wildman–Crippen MR) is 273 cm³/mol. The Bertz CT molecular complexity index is 3230. The van der Waals surface area contributed by atoms with E-state index in [2.05, 4.69) is 157 Å². The van der Waals surface area contributed by atoms with Gasteiger partial charge in [-0.3, -0.25) is 0 Å². The van der Waals surface area contributed by atoms with Gasteiger partial charge in [0.2, 0.25) is 0 Å². The van der Waals surface area contributed by atoms with Crippen LogP contribution in [-0.2, 0) is 5.41 Å². The molecule has 2 radical (unpaired) electrons. The second-order valence-electron chi connectivity index (χ2n) is 16.6. The summed E-state index contributed by atoms with van der Waals surface area (Å²) in [6.45, 7) is 15.2. The number of hydrogen-bond acceptors (Lipinski definition) is 5. The fourth-order valence-corrected chi connectivity index (χ4v) is 10.3. The lowest BCUT2D eigenvalue weighted by atomic mass is 9.73. The van der Waals surface area contributed by atoms with E-state index in [4.69, 9.17) is 19.9 Å². The quantitative estimate of drug-likeness (QED) is 0.0961. The summed E-state index contributed by atoms with van der Waals surface area (Å²) < 4.78 is 3.59. The Balaban J connectivity index is 1.07. The van der Waals surface area contributed by atoms with Crippen molar-refractivity contribution in [3.8, 4) is 61.5 Å². The van der Waals surface area contributed by atoms with E-state index < -0.39 is 0 Å². The Hall–Kier alpha value is -7.15. The molecule has 1 aliphatic rings. The molecular weight excluding hydrogens is 796 g/mol. The van der Waals surface area contributed by atoms with Gasteiger partial charge in [0.1, 0.15) is 5.01 Å². The molecule has 0 fully saturated rings. The van der Waals surface area contributed by atoms with Crippen LogP contribution >= 0.6 is 11.3 Å². The maximum absolute atomic E-state index is 5.09. The Morgan fingerprint density at radius 2 is 1.22 bits per heavy atom.